The van der Waals surface area contributed by atoms with Crippen molar-refractivity contribution in [1.82, 2.24) is 16.0 Å². The lowest BCUT2D eigenvalue weighted by atomic mass is 9.82. The molecule has 3 N–H and O–H groups in total. The Bertz CT molecular complexity index is 655. The summed E-state index contributed by atoms with van der Waals surface area (Å²) in [6, 6.07) is 5.04. The zero-order valence-electron chi connectivity index (χ0n) is 14.0. The summed E-state index contributed by atoms with van der Waals surface area (Å²) in [5, 5.41) is 7.50. The number of amides is 4. The highest BCUT2D eigenvalue weighted by molar-refractivity contribution is 5.97. The first kappa shape index (κ1) is 17.9. The molecule has 1 unspecified atom stereocenters. The molecule has 0 bridgehead atoms. The van der Waals surface area contributed by atoms with Crippen molar-refractivity contribution in [3.63, 3.8) is 0 Å². The van der Waals surface area contributed by atoms with Gasteiger partial charge in [-0.1, -0.05) is 32.9 Å². The molecule has 1 aromatic carbocycles. The van der Waals surface area contributed by atoms with Gasteiger partial charge < -0.3 is 10.6 Å². The highest BCUT2D eigenvalue weighted by Gasteiger charge is 2.32. The first-order chi connectivity index (χ1) is 11.2. The van der Waals surface area contributed by atoms with Crippen LogP contribution < -0.4 is 16.0 Å². The summed E-state index contributed by atoms with van der Waals surface area (Å²) in [5.74, 6) is -1.90. The van der Waals surface area contributed by atoms with Gasteiger partial charge >= 0.3 is 6.03 Å². The summed E-state index contributed by atoms with van der Waals surface area (Å²) in [6.45, 7) is 5.88. The molecule has 1 heterocycles. The molecule has 0 aliphatic carbocycles. The lowest BCUT2D eigenvalue weighted by molar-refractivity contribution is -0.130. The van der Waals surface area contributed by atoms with Crippen molar-refractivity contribution in [2.45, 2.75) is 33.2 Å². The monoisotopic (exact) mass is 335 g/mol. The molecular weight excluding hydrogens is 313 g/mol. The number of halogens is 1. The van der Waals surface area contributed by atoms with Crippen molar-refractivity contribution in [3.8, 4) is 0 Å². The fraction of sp³-hybridized carbons (Fsp3) is 0.471. The first-order valence-electron chi connectivity index (χ1n) is 7.80. The van der Waals surface area contributed by atoms with Gasteiger partial charge in [-0.3, -0.25) is 14.9 Å². The third-order valence-corrected chi connectivity index (χ3v) is 3.90. The van der Waals surface area contributed by atoms with Gasteiger partial charge in [0.25, 0.3) is 0 Å². The highest BCUT2D eigenvalue weighted by atomic mass is 19.1. The molecule has 6 nitrogen and oxygen atoms in total. The summed E-state index contributed by atoms with van der Waals surface area (Å²) < 4.78 is 13.5. The van der Waals surface area contributed by atoms with E-state index < -0.39 is 23.9 Å². The Morgan fingerprint density at radius 2 is 2.04 bits per heavy atom. The molecule has 2 rings (SSSR count). The fourth-order valence-electron chi connectivity index (χ4n) is 2.67. The number of rotatable bonds is 3. The van der Waals surface area contributed by atoms with Crippen LogP contribution >= 0.6 is 0 Å². The maximum absolute atomic E-state index is 13.5. The molecule has 1 aromatic rings. The van der Waals surface area contributed by atoms with Crippen LogP contribution in [0.3, 0.4) is 0 Å². The van der Waals surface area contributed by atoms with Crippen molar-refractivity contribution in [3.05, 3.63) is 35.6 Å². The maximum atomic E-state index is 13.5. The molecule has 130 valence electrons. The van der Waals surface area contributed by atoms with Gasteiger partial charge in [0.05, 0.1) is 12.0 Å². The minimum absolute atomic E-state index is 0.0728. The summed E-state index contributed by atoms with van der Waals surface area (Å²) in [7, 11) is 0. The molecule has 1 fully saturated rings. The zero-order valence-corrected chi connectivity index (χ0v) is 14.0. The molecule has 24 heavy (non-hydrogen) atoms. The SMILES string of the molecule is CC(C)(C)C(NC(=O)[C@H]1CNC(=O)NC(=O)C1)c1cccc(F)c1. The van der Waals surface area contributed by atoms with Gasteiger partial charge in [-0.2, -0.15) is 0 Å². The Labute approximate surface area is 140 Å². The van der Waals surface area contributed by atoms with Crippen LogP contribution in [0.2, 0.25) is 0 Å². The fourth-order valence-corrected chi connectivity index (χ4v) is 2.67. The molecule has 4 amide bonds. The Hall–Kier alpha value is -2.44. The van der Waals surface area contributed by atoms with Gasteiger partial charge in [0.2, 0.25) is 11.8 Å². The first-order valence-corrected chi connectivity index (χ1v) is 7.80. The van der Waals surface area contributed by atoms with Crippen LogP contribution in [-0.4, -0.2) is 24.4 Å². The molecule has 2 atom stereocenters. The molecule has 7 heteroatoms. The smallest absolute Gasteiger partial charge is 0.321 e. The summed E-state index contributed by atoms with van der Waals surface area (Å²) in [6.07, 6.45) is -0.0788. The minimum Gasteiger partial charge on any atom is -0.348 e. The number of carbonyl (C=O) groups is 3. The Kier molecular flexibility index (Phi) is 5.21. The van der Waals surface area contributed by atoms with Gasteiger partial charge in [-0.05, 0) is 23.1 Å². The van der Waals surface area contributed by atoms with Gasteiger partial charge in [0.15, 0.2) is 0 Å². The number of hydrogen-bond acceptors (Lipinski definition) is 3. The van der Waals surface area contributed by atoms with Gasteiger partial charge in [0.1, 0.15) is 5.82 Å². The van der Waals surface area contributed by atoms with E-state index in [2.05, 4.69) is 16.0 Å². The van der Waals surface area contributed by atoms with E-state index in [1.54, 1.807) is 12.1 Å². The summed E-state index contributed by atoms with van der Waals surface area (Å²) in [4.78, 5) is 35.5. The van der Waals surface area contributed by atoms with Crippen LogP contribution in [0.15, 0.2) is 24.3 Å². The highest BCUT2D eigenvalue weighted by Crippen LogP contribution is 2.33. The third kappa shape index (κ3) is 4.53. The Morgan fingerprint density at radius 3 is 2.67 bits per heavy atom. The molecule has 0 aromatic heterocycles. The topological polar surface area (TPSA) is 87.3 Å². The molecule has 1 aliphatic heterocycles. The second-order valence-corrected chi connectivity index (χ2v) is 7.02. The van der Waals surface area contributed by atoms with E-state index in [1.807, 2.05) is 20.8 Å². The lowest BCUT2D eigenvalue weighted by Crippen LogP contribution is -2.42. The predicted octanol–water partition coefficient (Wildman–Crippen LogP) is 1.87. The normalized spacial score (nSPS) is 19.8. The number of imide groups is 1. The van der Waals surface area contributed by atoms with Crippen LogP contribution in [0, 0.1) is 17.2 Å². The number of benzene rings is 1. The van der Waals surface area contributed by atoms with E-state index in [-0.39, 0.29) is 30.1 Å². The van der Waals surface area contributed by atoms with E-state index in [4.69, 9.17) is 0 Å². The van der Waals surface area contributed by atoms with E-state index >= 15 is 0 Å². The van der Waals surface area contributed by atoms with Crippen molar-refractivity contribution in [2.75, 3.05) is 6.54 Å². The quantitative estimate of drug-likeness (QED) is 0.788. The molecular formula is C17H22FN3O3. The van der Waals surface area contributed by atoms with E-state index in [0.29, 0.717) is 5.56 Å². The van der Waals surface area contributed by atoms with E-state index in [1.165, 1.54) is 12.1 Å². The zero-order chi connectivity index (χ0) is 17.9. The van der Waals surface area contributed by atoms with Crippen molar-refractivity contribution >= 4 is 17.8 Å². The second kappa shape index (κ2) is 6.98. The van der Waals surface area contributed by atoms with Gasteiger partial charge in [-0.25, -0.2) is 9.18 Å². The molecule has 0 spiro atoms. The largest absolute Gasteiger partial charge is 0.348 e. The molecule has 0 radical (unpaired) electrons. The standard InChI is InChI=1S/C17H22FN3O3/c1-17(2,3)14(10-5-4-6-12(18)7-10)21-15(23)11-8-13(22)20-16(24)19-9-11/h4-7,11,14H,8-9H2,1-3H3,(H,21,23)(H2,19,20,22,24)/t11-,14?/m1/s1. The molecule has 1 saturated heterocycles. The minimum atomic E-state index is -0.671. The second-order valence-electron chi connectivity index (χ2n) is 7.02. The van der Waals surface area contributed by atoms with Crippen LogP contribution in [0.5, 0.6) is 0 Å². The number of nitrogens with one attached hydrogen (secondary N) is 3. The predicted molar refractivity (Wildman–Crippen MR) is 86.4 cm³/mol. The number of hydrogen-bond donors (Lipinski definition) is 3. The van der Waals surface area contributed by atoms with Crippen LogP contribution in [0.4, 0.5) is 9.18 Å². The summed E-state index contributed by atoms with van der Waals surface area (Å²) in [5.41, 5.74) is 0.289. The lowest BCUT2D eigenvalue weighted by Gasteiger charge is -2.33. The van der Waals surface area contributed by atoms with Gasteiger partial charge in [-0.15, -0.1) is 0 Å². The van der Waals surface area contributed by atoms with Crippen molar-refractivity contribution in [2.24, 2.45) is 11.3 Å². The van der Waals surface area contributed by atoms with Crippen molar-refractivity contribution < 1.29 is 18.8 Å². The van der Waals surface area contributed by atoms with Crippen LogP contribution in [-0.2, 0) is 9.59 Å². The summed E-state index contributed by atoms with van der Waals surface area (Å²) >= 11 is 0. The van der Waals surface area contributed by atoms with Gasteiger partial charge in [0, 0.05) is 13.0 Å². The maximum Gasteiger partial charge on any atom is 0.321 e. The average molecular weight is 335 g/mol. The number of urea groups is 1. The van der Waals surface area contributed by atoms with Crippen LogP contribution in [0.25, 0.3) is 0 Å². The molecule has 1 aliphatic rings. The third-order valence-electron chi connectivity index (χ3n) is 3.90. The Morgan fingerprint density at radius 1 is 1.33 bits per heavy atom. The number of carbonyl (C=O) groups excluding carboxylic acids is 3. The Balaban J connectivity index is 2.19. The van der Waals surface area contributed by atoms with E-state index in [0.717, 1.165) is 0 Å². The molecule has 0 saturated carbocycles. The van der Waals surface area contributed by atoms with Crippen LogP contribution in [0.1, 0.15) is 38.8 Å². The van der Waals surface area contributed by atoms with E-state index in [9.17, 15) is 18.8 Å². The van der Waals surface area contributed by atoms with Crippen molar-refractivity contribution in [1.29, 1.82) is 0 Å². The average Bonchev–Trinajstić information content (AvgIpc) is 2.64.